The fourth-order valence-corrected chi connectivity index (χ4v) is 2.66. The Bertz CT molecular complexity index is 845. The molecule has 0 radical (unpaired) electrons. The zero-order valence-electron chi connectivity index (χ0n) is 16.9. The molecular weight excluding hydrogens is 372 g/mol. The lowest BCUT2D eigenvalue weighted by atomic mass is 10.2. The van der Waals surface area contributed by atoms with Gasteiger partial charge in [0.2, 0.25) is 0 Å². The van der Waals surface area contributed by atoms with Crippen LogP contribution in [0.1, 0.15) is 41.5 Å². The summed E-state index contributed by atoms with van der Waals surface area (Å²) in [5.41, 5.74) is 1.49. The van der Waals surface area contributed by atoms with Crippen LogP contribution in [0.2, 0.25) is 0 Å². The number of ether oxygens (including phenoxy) is 2. The smallest absolute Gasteiger partial charge is 0.338 e. The van der Waals surface area contributed by atoms with Crippen LogP contribution in [0.3, 0.4) is 0 Å². The van der Waals surface area contributed by atoms with Crippen molar-refractivity contribution in [2.45, 2.75) is 20.8 Å². The van der Waals surface area contributed by atoms with Gasteiger partial charge in [-0.1, -0.05) is 6.07 Å². The summed E-state index contributed by atoms with van der Waals surface area (Å²) in [6.45, 7) is 6.94. The molecule has 0 spiro atoms. The molecule has 2 amide bonds. The van der Waals surface area contributed by atoms with E-state index < -0.39 is 5.97 Å². The van der Waals surface area contributed by atoms with Gasteiger partial charge in [-0.15, -0.1) is 0 Å². The van der Waals surface area contributed by atoms with Gasteiger partial charge in [-0.25, -0.2) is 4.79 Å². The molecule has 0 unspecified atom stereocenters. The largest absolute Gasteiger partial charge is 0.484 e. The van der Waals surface area contributed by atoms with Crippen molar-refractivity contribution in [1.29, 1.82) is 0 Å². The summed E-state index contributed by atoms with van der Waals surface area (Å²) in [6.07, 6.45) is 0. The highest BCUT2D eigenvalue weighted by molar-refractivity contribution is 5.96. The first-order chi connectivity index (χ1) is 14.0. The minimum atomic E-state index is -0.443. The lowest BCUT2D eigenvalue weighted by Gasteiger charge is -2.18. The second-order valence-electron chi connectivity index (χ2n) is 6.14. The second-order valence-corrected chi connectivity index (χ2v) is 6.14. The van der Waals surface area contributed by atoms with Gasteiger partial charge < -0.3 is 19.7 Å². The minimum absolute atomic E-state index is 0.0438. The Kier molecular flexibility index (Phi) is 8.21. The third-order valence-electron chi connectivity index (χ3n) is 4.18. The molecule has 0 fully saturated rings. The van der Waals surface area contributed by atoms with Crippen LogP contribution >= 0.6 is 0 Å². The van der Waals surface area contributed by atoms with Crippen LogP contribution in [0.4, 0.5) is 5.69 Å². The molecule has 0 saturated heterocycles. The van der Waals surface area contributed by atoms with Crippen molar-refractivity contribution < 1.29 is 23.9 Å². The van der Waals surface area contributed by atoms with Crippen molar-refractivity contribution in [1.82, 2.24) is 4.90 Å². The summed E-state index contributed by atoms with van der Waals surface area (Å²) in [7, 11) is 0. The summed E-state index contributed by atoms with van der Waals surface area (Å²) < 4.78 is 10.4. The molecule has 0 aliphatic rings. The van der Waals surface area contributed by atoms with Gasteiger partial charge in [0.05, 0.1) is 12.2 Å². The summed E-state index contributed by atoms with van der Waals surface area (Å²) in [5, 5.41) is 2.71. The number of anilines is 1. The molecule has 2 aromatic carbocycles. The highest BCUT2D eigenvalue weighted by Gasteiger charge is 2.13. The van der Waals surface area contributed by atoms with E-state index in [-0.39, 0.29) is 25.0 Å². The van der Waals surface area contributed by atoms with E-state index in [1.165, 1.54) is 6.07 Å². The zero-order valence-corrected chi connectivity index (χ0v) is 16.9. The van der Waals surface area contributed by atoms with Crippen LogP contribution < -0.4 is 10.1 Å². The Balaban J connectivity index is 1.90. The molecule has 7 heteroatoms. The number of hydrogen-bond donors (Lipinski definition) is 1. The molecule has 2 aromatic rings. The molecular formula is C22H26N2O5. The molecule has 0 aliphatic heterocycles. The second kappa shape index (κ2) is 10.8. The topological polar surface area (TPSA) is 84.9 Å². The fraction of sp³-hybridized carbons (Fsp3) is 0.318. The number of carbonyl (C=O) groups excluding carboxylic acids is 3. The first-order valence-electron chi connectivity index (χ1n) is 9.57. The SMILES string of the molecule is CCOC(=O)c1cccc(OCC(=O)Nc2ccc(C(=O)N(CC)CC)cc2)c1. The van der Waals surface area contributed by atoms with Gasteiger partial charge in [0.1, 0.15) is 5.75 Å². The third-order valence-corrected chi connectivity index (χ3v) is 4.18. The summed E-state index contributed by atoms with van der Waals surface area (Å²) >= 11 is 0. The van der Waals surface area contributed by atoms with E-state index in [1.807, 2.05) is 13.8 Å². The van der Waals surface area contributed by atoms with Gasteiger partial charge in [-0.05, 0) is 63.2 Å². The number of carbonyl (C=O) groups is 3. The van der Waals surface area contributed by atoms with Crippen LogP contribution in [-0.2, 0) is 9.53 Å². The summed E-state index contributed by atoms with van der Waals surface area (Å²) in [5.74, 6) is -0.445. The molecule has 154 valence electrons. The van der Waals surface area contributed by atoms with Crippen molar-refractivity contribution in [3.8, 4) is 5.75 Å². The number of esters is 1. The minimum Gasteiger partial charge on any atom is -0.484 e. The van der Waals surface area contributed by atoms with Crippen LogP contribution in [0, 0.1) is 0 Å². The highest BCUT2D eigenvalue weighted by atomic mass is 16.5. The Morgan fingerprint density at radius 3 is 2.24 bits per heavy atom. The molecule has 1 N–H and O–H groups in total. The standard InChI is InChI=1S/C22H26N2O5/c1-4-24(5-2)21(26)16-10-12-18(13-11-16)23-20(25)15-29-19-9-7-8-17(14-19)22(27)28-6-3/h7-14H,4-6,15H2,1-3H3,(H,23,25). The third kappa shape index (κ3) is 6.34. The van der Waals surface area contributed by atoms with Gasteiger partial charge in [-0.2, -0.15) is 0 Å². The average Bonchev–Trinajstić information content (AvgIpc) is 2.74. The quantitative estimate of drug-likeness (QED) is 0.655. The number of nitrogens with one attached hydrogen (secondary N) is 1. The summed E-state index contributed by atoms with van der Waals surface area (Å²) in [6, 6.07) is 13.2. The van der Waals surface area contributed by atoms with Gasteiger partial charge in [0.15, 0.2) is 6.61 Å². The average molecular weight is 398 g/mol. The molecule has 0 heterocycles. The van der Waals surface area contributed by atoms with E-state index in [2.05, 4.69) is 5.32 Å². The lowest BCUT2D eigenvalue weighted by molar-refractivity contribution is -0.118. The maximum Gasteiger partial charge on any atom is 0.338 e. The molecule has 29 heavy (non-hydrogen) atoms. The molecule has 0 aliphatic carbocycles. The first-order valence-corrected chi connectivity index (χ1v) is 9.57. The maximum atomic E-state index is 12.3. The molecule has 7 nitrogen and oxygen atoms in total. The van der Waals surface area contributed by atoms with Crippen LogP contribution in [0.15, 0.2) is 48.5 Å². The van der Waals surface area contributed by atoms with Crippen LogP contribution in [-0.4, -0.2) is 49.0 Å². The predicted octanol–water partition coefficient (Wildman–Crippen LogP) is 3.36. The van der Waals surface area contributed by atoms with Crippen LogP contribution in [0.5, 0.6) is 5.75 Å². The molecule has 0 bridgehead atoms. The number of nitrogens with zero attached hydrogens (tertiary/aromatic N) is 1. The zero-order chi connectivity index (χ0) is 21.2. The van der Waals surface area contributed by atoms with E-state index in [0.29, 0.717) is 35.7 Å². The monoisotopic (exact) mass is 398 g/mol. The lowest BCUT2D eigenvalue weighted by Crippen LogP contribution is -2.30. The normalized spacial score (nSPS) is 10.2. The molecule has 2 rings (SSSR count). The molecule has 0 saturated carbocycles. The van der Waals surface area contributed by atoms with Crippen molar-refractivity contribution in [3.63, 3.8) is 0 Å². The van der Waals surface area contributed by atoms with Gasteiger partial charge >= 0.3 is 5.97 Å². The highest BCUT2D eigenvalue weighted by Crippen LogP contribution is 2.15. The van der Waals surface area contributed by atoms with Crippen molar-refractivity contribution in [2.75, 3.05) is 31.6 Å². The van der Waals surface area contributed by atoms with E-state index >= 15 is 0 Å². The number of rotatable bonds is 9. The van der Waals surface area contributed by atoms with E-state index in [1.54, 1.807) is 54.3 Å². The predicted molar refractivity (Wildman–Crippen MR) is 110 cm³/mol. The van der Waals surface area contributed by atoms with Crippen molar-refractivity contribution in [2.24, 2.45) is 0 Å². The van der Waals surface area contributed by atoms with E-state index in [4.69, 9.17) is 9.47 Å². The number of amides is 2. The fourth-order valence-electron chi connectivity index (χ4n) is 2.66. The van der Waals surface area contributed by atoms with E-state index in [0.717, 1.165) is 0 Å². The first kappa shape index (κ1) is 21.9. The Morgan fingerprint density at radius 1 is 0.931 bits per heavy atom. The van der Waals surface area contributed by atoms with Crippen molar-refractivity contribution >= 4 is 23.5 Å². The Labute approximate surface area is 170 Å². The number of benzene rings is 2. The van der Waals surface area contributed by atoms with Crippen molar-refractivity contribution in [3.05, 3.63) is 59.7 Å². The summed E-state index contributed by atoms with van der Waals surface area (Å²) in [4.78, 5) is 37.9. The Morgan fingerprint density at radius 2 is 1.62 bits per heavy atom. The van der Waals surface area contributed by atoms with Gasteiger partial charge in [0, 0.05) is 24.3 Å². The van der Waals surface area contributed by atoms with E-state index in [9.17, 15) is 14.4 Å². The molecule has 0 aromatic heterocycles. The maximum absolute atomic E-state index is 12.3. The van der Waals surface area contributed by atoms with Crippen LogP contribution in [0.25, 0.3) is 0 Å². The number of hydrogen-bond acceptors (Lipinski definition) is 5. The van der Waals surface area contributed by atoms with Gasteiger partial charge in [0.25, 0.3) is 11.8 Å². The van der Waals surface area contributed by atoms with Gasteiger partial charge in [-0.3, -0.25) is 9.59 Å². The molecule has 0 atom stereocenters. The Hall–Kier alpha value is -3.35.